The first-order valence-electron chi connectivity index (χ1n) is 8.09. The largest absolute Gasteiger partial charge is 0.477 e. The highest BCUT2D eigenvalue weighted by atomic mass is 19.3. The van der Waals surface area contributed by atoms with Crippen LogP contribution in [-0.2, 0) is 4.74 Å². The summed E-state index contributed by atoms with van der Waals surface area (Å²) in [6.07, 6.45) is 0.725. The lowest BCUT2D eigenvalue weighted by Crippen LogP contribution is -2.42. The van der Waals surface area contributed by atoms with Gasteiger partial charge < -0.3 is 19.5 Å². The molecule has 1 N–H and O–H groups in total. The SMILES string of the molecule is O=C(O)c1ccc(C(=O)N2CCOC(c3cccc(OC(F)F)c3)C2)cn1. The fourth-order valence-corrected chi connectivity index (χ4v) is 2.76. The molecular weight excluding hydrogens is 362 g/mol. The van der Waals surface area contributed by atoms with Gasteiger partial charge in [-0.05, 0) is 29.8 Å². The zero-order valence-electron chi connectivity index (χ0n) is 14.0. The third-order valence-corrected chi connectivity index (χ3v) is 4.04. The number of nitrogens with zero attached hydrogens (tertiary/aromatic N) is 2. The van der Waals surface area contributed by atoms with Gasteiger partial charge in [0, 0.05) is 12.7 Å². The van der Waals surface area contributed by atoms with E-state index in [1.165, 1.54) is 30.5 Å². The average molecular weight is 378 g/mol. The van der Waals surface area contributed by atoms with Gasteiger partial charge in [0.05, 0.1) is 18.7 Å². The van der Waals surface area contributed by atoms with Crippen molar-refractivity contribution in [2.75, 3.05) is 19.7 Å². The minimum absolute atomic E-state index is 0.0167. The lowest BCUT2D eigenvalue weighted by atomic mass is 10.1. The van der Waals surface area contributed by atoms with E-state index in [4.69, 9.17) is 9.84 Å². The molecule has 1 saturated heterocycles. The van der Waals surface area contributed by atoms with Gasteiger partial charge in [0.2, 0.25) is 0 Å². The molecule has 1 amide bonds. The van der Waals surface area contributed by atoms with E-state index >= 15 is 0 Å². The summed E-state index contributed by atoms with van der Waals surface area (Å²) in [6.45, 7) is -2.08. The van der Waals surface area contributed by atoms with Crippen molar-refractivity contribution in [1.29, 1.82) is 0 Å². The predicted molar refractivity (Wildman–Crippen MR) is 88.9 cm³/mol. The van der Waals surface area contributed by atoms with Crippen LogP contribution in [0.1, 0.15) is 32.5 Å². The summed E-state index contributed by atoms with van der Waals surface area (Å²) in [5.41, 5.74) is 0.725. The Kier molecular flexibility index (Phi) is 5.60. The molecule has 2 heterocycles. The first-order chi connectivity index (χ1) is 12.9. The van der Waals surface area contributed by atoms with Gasteiger partial charge in [-0.2, -0.15) is 8.78 Å². The van der Waals surface area contributed by atoms with E-state index < -0.39 is 18.7 Å². The van der Waals surface area contributed by atoms with Crippen LogP contribution in [0.15, 0.2) is 42.6 Å². The monoisotopic (exact) mass is 378 g/mol. The molecular formula is C18H16F2N2O5. The molecule has 27 heavy (non-hydrogen) atoms. The molecule has 1 aliphatic rings. The quantitative estimate of drug-likeness (QED) is 0.860. The van der Waals surface area contributed by atoms with Crippen molar-refractivity contribution in [2.24, 2.45) is 0 Å². The lowest BCUT2D eigenvalue weighted by Gasteiger charge is -2.33. The number of carbonyl (C=O) groups excluding carboxylic acids is 1. The Morgan fingerprint density at radius 3 is 2.78 bits per heavy atom. The number of carboxylic acid groups (broad SMARTS) is 1. The summed E-state index contributed by atoms with van der Waals surface area (Å²) >= 11 is 0. The van der Waals surface area contributed by atoms with Crippen molar-refractivity contribution in [3.05, 3.63) is 59.4 Å². The maximum Gasteiger partial charge on any atom is 0.387 e. The number of halogens is 2. The first kappa shape index (κ1) is 18.7. The number of aromatic carboxylic acids is 1. The highest BCUT2D eigenvalue weighted by Crippen LogP contribution is 2.26. The topological polar surface area (TPSA) is 89.0 Å². The summed E-state index contributed by atoms with van der Waals surface area (Å²) in [4.78, 5) is 28.8. The summed E-state index contributed by atoms with van der Waals surface area (Å²) in [5.74, 6) is -1.47. The maximum atomic E-state index is 12.6. The molecule has 0 bridgehead atoms. The van der Waals surface area contributed by atoms with E-state index in [0.717, 1.165) is 0 Å². The molecule has 1 aliphatic heterocycles. The van der Waals surface area contributed by atoms with Crippen LogP contribution in [0, 0.1) is 0 Å². The summed E-state index contributed by atoms with van der Waals surface area (Å²) < 4.78 is 34.8. The van der Waals surface area contributed by atoms with Crippen molar-refractivity contribution >= 4 is 11.9 Å². The number of carbonyl (C=O) groups is 2. The summed E-state index contributed by atoms with van der Waals surface area (Å²) in [6, 6.07) is 8.82. The Morgan fingerprint density at radius 1 is 1.30 bits per heavy atom. The Balaban J connectivity index is 1.72. The summed E-state index contributed by atoms with van der Waals surface area (Å²) in [5, 5.41) is 8.87. The second kappa shape index (κ2) is 8.09. The van der Waals surface area contributed by atoms with E-state index in [-0.39, 0.29) is 36.1 Å². The number of morpholine rings is 1. The van der Waals surface area contributed by atoms with Crippen molar-refractivity contribution in [2.45, 2.75) is 12.7 Å². The molecule has 0 spiro atoms. The second-order valence-electron chi connectivity index (χ2n) is 5.80. The normalized spacial score (nSPS) is 17.0. The highest BCUT2D eigenvalue weighted by Gasteiger charge is 2.27. The van der Waals surface area contributed by atoms with Crippen molar-refractivity contribution in [3.63, 3.8) is 0 Å². The van der Waals surface area contributed by atoms with Crippen molar-refractivity contribution in [3.8, 4) is 5.75 Å². The third-order valence-electron chi connectivity index (χ3n) is 4.04. The molecule has 3 rings (SSSR count). The van der Waals surface area contributed by atoms with Crippen molar-refractivity contribution < 1.29 is 33.0 Å². The van der Waals surface area contributed by atoms with Crippen LogP contribution in [0.5, 0.6) is 5.75 Å². The van der Waals surface area contributed by atoms with Crippen LogP contribution in [0.2, 0.25) is 0 Å². The Hall–Kier alpha value is -3.07. The van der Waals surface area contributed by atoms with E-state index in [1.807, 2.05) is 0 Å². The molecule has 9 heteroatoms. The number of hydrogen-bond donors (Lipinski definition) is 1. The van der Waals surface area contributed by atoms with Crippen LogP contribution in [0.25, 0.3) is 0 Å². The number of ether oxygens (including phenoxy) is 2. The van der Waals surface area contributed by atoms with Crippen LogP contribution < -0.4 is 4.74 Å². The molecule has 2 aromatic rings. The minimum Gasteiger partial charge on any atom is -0.477 e. The molecule has 1 fully saturated rings. The fourth-order valence-electron chi connectivity index (χ4n) is 2.76. The minimum atomic E-state index is -2.92. The second-order valence-corrected chi connectivity index (χ2v) is 5.80. The molecule has 0 aliphatic carbocycles. The average Bonchev–Trinajstić information content (AvgIpc) is 2.67. The zero-order valence-corrected chi connectivity index (χ0v) is 14.0. The first-order valence-corrected chi connectivity index (χ1v) is 8.09. The number of hydrogen-bond acceptors (Lipinski definition) is 5. The van der Waals surface area contributed by atoms with Crippen LogP contribution in [0.3, 0.4) is 0 Å². The Morgan fingerprint density at radius 2 is 2.11 bits per heavy atom. The molecule has 0 saturated carbocycles. The van der Waals surface area contributed by atoms with Crippen molar-refractivity contribution in [1.82, 2.24) is 9.88 Å². The number of amides is 1. The fraction of sp³-hybridized carbons (Fsp3) is 0.278. The van der Waals surface area contributed by atoms with Gasteiger partial charge in [-0.15, -0.1) is 0 Å². The number of alkyl halides is 2. The molecule has 1 aromatic carbocycles. The van der Waals surface area contributed by atoms with Gasteiger partial charge in [-0.25, -0.2) is 9.78 Å². The van der Waals surface area contributed by atoms with Gasteiger partial charge in [0.25, 0.3) is 5.91 Å². The smallest absolute Gasteiger partial charge is 0.387 e. The number of aromatic nitrogens is 1. The number of carboxylic acids is 1. The van der Waals surface area contributed by atoms with Crippen LogP contribution >= 0.6 is 0 Å². The molecule has 1 aromatic heterocycles. The number of benzene rings is 1. The molecule has 1 atom stereocenters. The lowest BCUT2D eigenvalue weighted by molar-refractivity contribution is -0.0504. The zero-order chi connectivity index (χ0) is 19.4. The standard InChI is InChI=1S/C18H16F2N2O5/c19-18(20)27-13-3-1-2-11(8-13)15-10-22(6-7-26-15)16(23)12-4-5-14(17(24)25)21-9-12/h1-5,8-9,15,18H,6-7,10H2,(H,24,25). The molecule has 7 nitrogen and oxygen atoms in total. The Labute approximate surface area is 153 Å². The van der Waals surface area contributed by atoms with Gasteiger partial charge in [0.1, 0.15) is 17.5 Å². The molecule has 1 unspecified atom stereocenters. The van der Waals surface area contributed by atoms with E-state index in [0.29, 0.717) is 12.1 Å². The predicted octanol–water partition coefficient (Wildman–Crippen LogP) is 2.59. The van der Waals surface area contributed by atoms with Gasteiger partial charge in [0.15, 0.2) is 0 Å². The van der Waals surface area contributed by atoms with Crippen LogP contribution in [0.4, 0.5) is 8.78 Å². The molecule has 142 valence electrons. The van der Waals surface area contributed by atoms with Gasteiger partial charge >= 0.3 is 12.6 Å². The van der Waals surface area contributed by atoms with Gasteiger partial charge in [-0.3, -0.25) is 4.79 Å². The summed E-state index contributed by atoms with van der Waals surface area (Å²) in [7, 11) is 0. The third kappa shape index (κ3) is 4.56. The van der Waals surface area contributed by atoms with E-state index in [1.54, 1.807) is 17.0 Å². The van der Waals surface area contributed by atoms with E-state index in [2.05, 4.69) is 9.72 Å². The number of rotatable bonds is 5. The van der Waals surface area contributed by atoms with Crippen LogP contribution in [-0.4, -0.2) is 53.2 Å². The maximum absolute atomic E-state index is 12.6. The van der Waals surface area contributed by atoms with E-state index in [9.17, 15) is 18.4 Å². The van der Waals surface area contributed by atoms with Gasteiger partial charge in [-0.1, -0.05) is 12.1 Å². The molecule has 0 radical (unpaired) electrons. The Bertz CT molecular complexity index is 829. The highest BCUT2D eigenvalue weighted by molar-refractivity contribution is 5.95. The number of pyridine rings is 1.